The molecule has 0 saturated carbocycles. The average molecular weight is 431 g/mol. The third-order valence-electron chi connectivity index (χ3n) is 6.08. The molecule has 1 aliphatic carbocycles. The van der Waals surface area contributed by atoms with Gasteiger partial charge in [-0.05, 0) is 66.6 Å². The van der Waals surface area contributed by atoms with Crippen molar-refractivity contribution in [2.45, 2.75) is 25.7 Å². The summed E-state index contributed by atoms with van der Waals surface area (Å²) < 4.78 is 0. The number of aryl methyl sites for hydroxylation is 2. The van der Waals surface area contributed by atoms with Crippen LogP contribution in [-0.4, -0.2) is 38.8 Å². The first-order valence-corrected chi connectivity index (χ1v) is 11.0. The lowest BCUT2D eigenvalue weighted by Gasteiger charge is -2.29. The normalized spacial score (nSPS) is 16.2. The van der Waals surface area contributed by atoms with E-state index >= 15 is 0 Å². The summed E-state index contributed by atoms with van der Waals surface area (Å²) >= 11 is 6.31. The molecule has 0 unspecified atom stereocenters. The molecule has 1 aromatic carbocycles. The summed E-state index contributed by atoms with van der Waals surface area (Å²) in [6, 6.07) is 10.4. The number of rotatable bonds is 2. The van der Waals surface area contributed by atoms with Crippen molar-refractivity contribution in [1.82, 2.24) is 19.9 Å². The molecule has 5 nitrogen and oxygen atoms in total. The van der Waals surface area contributed by atoms with E-state index in [0.717, 1.165) is 42.1 Å². The van der Waals surface area contributed by atoms with Gasteiger partial charge < -0.3 is 9.88 Å². The SMILES string of the molecule is O=C(/C=C/c1c[nH]cn1)N1CCC(=C2c3ccc(Cl)cc3CCc3cccnc32)CC1. The van der Waals surface area contributed by atoms with Gasteiger partial charge in [0.25, 0.3) is 0 Å². The van der Waals surface area contributed by atoms with Crippen molar-refractivity contribution in [3.63, 3.8) is 0 Å². The second kappa shape index (κ2) is 8.52. The van der Waals surface area contributed by atoms with E-state index in [0.29, 0.717) is 13.1 Å². The molecule has 0 atom stereocenters. The fourth-order valence-corrected chi connectivity index (χ4v) is 4.70. The summed E-state index contributed by atoms with van der Waals surface area (Å²) in [6.07, 6.45) is 12.2. The second-order valence-electron chi connectivity index (χ2n) is 7.94. The lowest BCUT2D eigenvalue weighted by molar-refractivity contribution is -0.126. The highest BCUT2D eigenvalue weighted by molar-refractivity contribution is 6.30. The lowest BCUT2D eigenvalue weighted by atomic mass is 9.88. The molecule has 156 valence electrons. The zero-order valence-corrected chi connectivity index (χ0v) is 17.9. The van der Waals surface area contributed by atoms with Crippen molar-refractivity contribution in [3.8, 4) is 0 Å². The summed E-state index contributed by atoms with van der Waals surface area (Å²) in [5, 5.41) is 0.770. The number of nitrogens with one attached hydrogen (secondary N) is 1. The van der Waals surface area contributed by atoms with Gasteiger partial charge in [-0.3, -0.25) is 9.78 Å². The number of H-pyrrole nitrogens is 1. The molecule has 1 N–H and O–H groups in total. The van der Waals surface area contributed by atoms with Crippen molar-refractivity contribution >= 4 is 29.2 Å². The van der Waals surface area contributed by atoms with Crippen LogP contribution < -0.4 is 0 Å². The standard InChI is InChI=1S/C25H23ClN4O/c26-20-5-7-22-19(14-20)4-3-18-2-1-11-28-25(18)24(22)17-9-12-30(13-10-17)23(31)8-6-21-15-27-16-29-21/h1-2,5-8,11,14-16H,3-4,9-10,12-13H2,(H,27,29)/b8-6+. The predicted octanol–water partition coefficient (Wildman–Crippen LogP) is 4.69. The molecule has 0 bridgehead atoms. The molecule has 1 fully saturated rings. The van der Waals surface area contributed by atoms with Crippen LogP contribution >= 0.6 is 11.6 Å². The number of pyridine rings is 1. The minimum Gasteiger partial charge on any atom is -0.351 e. The third-order valence-corrected chi connectivity index (χ3v) is 6.31. The van der Waals surface area contributed by atoms with E-state index in [9.17, 15) is 4.79 Å². The van der Waals surface area contributed by atoms with Gasteiger partial charge in [0.1, 0.15) is 0 Å². The summed E-state index contributed by atoms with van der Waals surface area (Å²) in [7, 11) is 0. The van der Waals surface area contributed by atoms with E-state index in [1.165, 1.54) is 27.8 Å². The highest BCUT2D eigenvalue weighted by Crippen LogP contribution is 2.38. The van der Waals surface area contributed by atoms with Crippen molar-refractivity contribution in [2.24, 2.45) is 0 Å². The van der Waals surface area contributed by atoms with Crippen LogP contribution in [0, 0.1) is 0 Å². The molecule has 3 heterocycles. The van der Waals surface area contributed by atoms with Gasteiger partial charge in [0.15, 0.2) is 0 Å². The van der Waals surface area contributed by atoms with E-state index in [-0.39, 0.29) is 5.91 Å². The molecule has 1 aliphatic heterocycles. The van der Waals surface area contributed by atoms with Crippen molar-refractivity contribution < 1.29 is 4.79 Å². The molecule has 3 aromatic rings. The van der Waals surface area contributed by atoms with Gasteiger partial charge in [-0.1, -0.05) is 29.3 Å². The van der Waals surface area contributed by atoms with Crippen LogP contribution in [0.3, 0.4) is 0 Å². The second-order valence-corrected chi connectivity index (χ2v) is 8.38. The fraction of sp³-hybridized carbons (Fsp3) is 0.240. The quantitative estimate of drug-likeness (QED) is 0.599. The first kappa shape index (κ1) is 19.8. The molecule has 5 rings (SSSR count). The number of carbonyl (C=O) groups is 1. The number of benzene rings is 1. The number of aromatic amines is 1. The van der Waals surface area contributed by atoms with Crippen LogP contribution in [0.4, 0.5) is 0 Å². The highest BCUT2D eigenvalue weighted by atomic mass is 35.5. The number of carbonyl (C=O) groups excluding carboxylic acids is 1. The first-order chi connectivity index (χ1) is 15.2. The minimum atomic E-state index is 0.0265. The van der Waals surface area contributed by atoms with Crippen molar-refractivity contribution in [2.75, 3.05) is 13.1 Å². The van der Waals surface area contributed by atoms with E-state index in [1.807, 2.05) is 23.2 Å². The number of halogens is 1. The molecule has 0 spiro atoms. The van der Waals surface area contributed by atoms with E-state index < -0.39 is 0 Å². The Morgan fingerprint density at radius 3 is 2.71 bits per heavy atom. The van der Waals surface area contributed by atoms with Crippen molar-refractivity contribution in [1.29, 1.82) is 0 Å². The summed E-state index contributed by atoms with van der Waals surface area (Å²) in [5.74, 6) is 0.0265. The summed E-state index contributed by atoms with van der Waals surface area (Å²) in [6.45, 7) is 1.40. The van der Waals surface area contributed by atoms with Gasteiger partial charge in [0.2, 0.25) is 5.91 Å². The monoisotopic (exact) mass is 430 g/mol. The Labute approximate surface area is 186 Å². The zero-order chi connectivity index (χ0) is 21.2. The summed E-state index contributed by atoms with van der Waals surface area (Å²) in [4.78, 5) is 26.3. The van der Waals surface area contributed by atoms with Gasteiger partial charge in [-0.25, -0.2) is 4.98 Å². The maximum atomic E-state index is 12.6. The number of amides is 1. The van der Waals surface area contributed by atoms with E-state index in [1.54, 1.807) is 24.7 Å². The Balaban J connectivity index is 1.44. The Hall–Kier alpha value is -3.18. The zero-order valence-electron chi connectivity index (χ0n) is 17.1. The number of piperidine rings is 1. The van der Waals surface area contributed by atoms with Gasteiger partial charge in [0.05, 0.1) is 17.7 Å². The average Bonchev–Trinajstić information content (AvgIpc) is 3.26. The molecule has 2 aliphatic rings. The van der Waals surface area contributed by atoms with Crippen LogP contribution in [0.2, 0.25) is 5.02 Å². The number of imidazole rings is 1. The van der Waals surface area contributed by atoms with Crippen LogP contribution in [0.5, 0.6) is 0 Å². The first-order valence-electron chi connectivity index (χ1n) is 10.6. The third kappa shape index (κ3) is 4.06. The van der Waals surface area contributed by atoms with Crippen LogP contribution in [-0.2, 0) is 17.6 Å². The number of likely N-dealkylation sites (tertiary alicyclic amines) is 1. The largest absolute Gasteiger partial charge is 0.351 e. The van der Waals surface area contributed by atoms with Gasteiger partial charge in [-0.15, -0.1) is 0 Å². The Bertz CT molecular complexity index is 1170. The Kier molecular flexibility index (Phi) is 5.43. The molecule has 31 heavy (non-hydrogen) atoms. The highest BCUT2D eigenvalue weighted by Gasteiger charge is 2.26. The van der Waals surface area contributed by atoms with Gasteiger partial charge >= 0.3 is 0 Å². The molecule has 1 amide bonds. The van der Waals surface area contributed by atoms with E-state index in [2.05, 4.69) is 28.2 Å². The fourth-order valence-electron chi connectivity index (χ4n) is 4.51. The van der Waals surface area contributed by atoms with Crippen LogP contribution in [0.1, 0.15) is 40.9 Å². The van der Waals surface area contributed by atoms with Crippen LogP contribution in [0.25, 0.3) is 11.6 Å². The lowest BCUT2D eigenvalue weighted by Crippen LogP contribution is -2.35. The number of aromatic nitrogens is 3. The van der Waals surface area contributed by atoms with E-state index in [4.69, 9.17) is 16.6 Å². The predicted molar refractivity (Wildman–Crippen MR) is 123 cm³/mol. The maximum Gasteiger partial charge on any atom is 0.246 e. The van der Waals surface area contributed by atoms with Crippen LogP contribution in [0.15, 0.2) is 60.7 Å². The number of fused-ring (bicyclic) bond motifs is 2. The van der Waals surface area contributed by atoms with Gasteiger partial charge in [-0.2, -0.15) is 0 Å². The molecule has 2 aromatic heterocycles. The van der Waals surface area contributed by atoms with Gasteiger partial charge in [0, 0.05) is 42.2 Å². The summed E-state index contributed by atoms with van der Waals surface area (Å²) in [5.41, 5.74) is 8.22. The molecule has 1 saturated heterocycles. The Morgan fingerprint density at radius 2 is 1.90 bits per heavy atom. The smallest absolute Gasteiger partial charge is 0.246 e. The number of hydrogen-bond acceptors (Lipinski definition) is 3. The number of hydrogen-bond donors (Lipinski definition) is 1. The number of nitrogens with zero attached hydrogens (tertiary/aromatic N) is 3. The molecule has 0 radical (unpaired) electrons. The maximum absolute atomic E-state index is 12.6. The van der Waals surface area contributed by atoms with Crippen molar-refractivity contribution in [3.05, 3.63) is 93.8 Å². The molecule has 6 heteroatoms. The molecular weight excluding hydrogens is 408 g/mol. The molecular formula is C25H23ClN4O. The topological polar surface area (TPSA) is 61.9 Å². The minimum absolute atomic E-state index is 0.0265. The Morgan fingerprint density at radius 1 is 1.06 bits per heavy atom.